The van der Waals surface area contributed by atoms with Crippen LogP contribution < -0.4 is 9.64 Å². The molecule has 0 spiro atoms. The summed E-state index contributed by atoms with van der Waals surface area (Å²) in [6, 6.07) is 12.6. The molecule has 0 atom stereocenters. The first-order chi connectivity index (χ1) is 13.0. The van der Waals surface area contributed by atoms with Gasteiger partial charge in [0.25, 0.3) is 5.91 Å². The maximum atomic E-state index is 12.8. The quantitative estimate of drug-likeness (QED) is 0.290. The number of hydrogen-bond acceptors (Lipinski definition) is 4. The molecule has 1 fully saturated rings. The molecule has 1 heterocycles. The van der Waals surface area contributed by atoms with Gasteiger partial charge in [-0.25, -0.2) is 0 Å². The summed E-state index contributed by atoms with van der Waals surface area (Å²) >= 11 is 18.8. The summed E-state index contributed by atoms with van der Waals surface area (Å²) in [6.07, 6.45) is 3.94. The van der Waals surface area contributed by atoms with E-state index in [1.807, 2.05) is 30.3 Å². The number of thioether (sulfide) groups is 1. The standard InChI is InChI=1S/C20H17Cl2NO2S2/c1-2-3-10-25-15-7-4-13(5-8-15)11-18-19(24)23(20(26)27-18)17-9-6-14(21)12-16(17)22/h4-9,11-12H,2-3,10H2,1H3/b18-11+. The Morgan fingerprint density at radius 2 is 1.93 bits per heavy atom. The van der Waals surface area contributed by atoms with Crippen LogP contribution in [0, 0.1) is 0 Å². The van der Waals surface area contributed by atoms with Crippen LogP contribution in [-0.2, 0) is 4.79 Å². The molecule has 1 amide bonds. The molecule has 3 nitrogen and oxygen atoms in total. The van der Waals surface area contributed by atoms with Crippen molar-refractivity contribution in [2.24, 2.45) is 0 Å². The molecule has 0 radical (unpaired) electrons. The Kier molecular flexibility index (Phi) is 6.82. The first-order valence-electron chi connectivity index (χ1n) is 8.45. The van der Waals surface area contributed by atoms with Gasteiger partial charge in [0.2, 0.25) is 0 Å². The molecule has 2 aromatic rings. The van der Waals surface area contributed by atoms with Gasteiger partial charge in [-0.3, -0.25) is 9.69 Å². The van der Waals surface area contributed by atoms with Crippen LogP contribution in [0.2, 0.25) is 10.0 Å². The summed E-state index contributed by atoms with van der Waals surface area (Å²) in [4.78, 5) is 14.8. The molecule has 0 unspecified atom stereocenters. The highest BCUT2D eigenvalue weighted by Gasteiger charge is 2.34. The Balaban J connectivity index is 1.78. The van der Waals surface area contributed by atoms with Gasteiger partial charge in [-0.2, -0.15) is 0 Å². The number of hydrogen-bond donors (Lipinski definition) is 0. The third kappa shape index (κ3) is 4.85. The van der Waals surface area contributed by atoms with Crippen LogP contribution in [-0.4, -0.2) is 16.8 Å². The van der Waals surface area contributed by atoms with E-state index in [1.54, 1.807) is 18.2 Å². The SMILES string of the molecule is CCCCOc1ccc(/C=C2/SC(=S)N(c3ccc(Cl)cc3Cl)C2=O)cc1. The number of unbranched alkanes of at least 4 members (excludes halogenated alkanes) is 1. The zero-order valence-electron chi connectivity index (χ0n) is 14.6. The molecule has 3 rings (SSSR count). The molecular weight excluding hydrogens is 421 g/mol. The lowest BCUT2D eigenvalue weighted by molar-refractivity contribution is -0.113. The van der Waals surface area contributed by atoms with Crippen LogP contribution >= 0.6 is 47.2 Å². The lowest BCUT2D eigenvalue weighted by Gasteiger charge is -2.16. The maximum Gasteiger partial charge on any atom is 0.270 e. The van der Waals surface area contributed by atoms with E-state index in [2.05, 4.69) is 6.92 Å². The molecule has 0 aliphatic carbocycles. The minimum Gasteiger partial charge on any atom is -0.494 e. The number of amides is 1. The average molecular weight is 438 g/mol. The fourth-order valence-corrected chi connectivity index (χ4v) is 4.26. The number of nitrogens with zero attached hydrogens (tertiary/aromatic N) is 1. The van der Waals surface area contributed by atoms with Gasteiger partial charge in [-0.15, -0.1) is 0 Å². The van der Waals surface area contributed by atoms with Gasteiger partial charge < -0.3 is 4.74 Å². The van der Waals surface area contributed by atoms with Gasteiger partial charge in [0.15, 0.2) is 4.32 Å². The van der Waals surface area contributed by atoms with E-state index < -0.39 is 0 Å². The van der Waals surface area contributed by atoms with Gasteiger partial charge in [0.05, 0.1) is 22.2 Å². The molecule has 1 saturated heterocycles. The van der Waals surface area contributed by atoms with E-state index >= 15 is 0 Å². The van der Waals surface area contributed by atoms with Crippen molar-refractivity contribution in [3.05, 3.63) is 63.0 Å². The number of carbonyl (C=O) groups is 1. The van der Waals surface area contributed by atoms with Crippen molar-refractivity contribution in [1.82, 2.24) is 0 Å². The second-order valence-electron chi connectivity index (χ2n) is 5.88. The number of halogens is 2. The number of carbonyl (C=O) groups excluding carboxylic acids is 1. The molecular formula is C20H17Cl2NO2S2. The smallest absolute Gasteiger partial charge is 0.270 e. The molecule has 1 aliphatic heterocycles. The van der Waals surface area contributed by atoms with E-state index in [0.29, 0.717) is 31.6 Å². The number of anilines is 1. The van der Waals surface area contributed by atoms with E-state index in [-0.39, 0.29) is 5.91 Å². The summed E-state index contributed by atoms with van der Waals surface area (Å²) in [5.74, 6) is 0.624. The van der Waals surface area contributed by atoms with Crippen molar-refractivity contribution in [2.45, 2.75) is 19.8 Å². The fraction of sp³-hybridized carbons (Fsp3) is 0.200. The van der Waals surface area contributed by atoms with Gasteiger partial charge >= 0.3 is 0 Å². The lowest BCUT2D eigenvalue weighted by Crippen LogP contribution is -2.27. The van der Waals surface area contributed by atoms with E-state index in [1.165, 1.54) is 16.7 Å². The fourth-order valence-electron chi connectivity index (χ4n) is 2.48. The third-order valence-corrected chi connectivity index (χ3v) is 5.73. The highest BCUT2D eigenvalue weighted by molar-refractivity contribution is 8.27. The van der Waals surface area contributed by atoms with Crippen molar-refractivity contribution in [2.75, 3.05) is 11.5 Å². The second-order valence-corrected chi connectivity index (χ2v) is 8.40. The minimum absolute atomic E-state index is 0.197. The summed E-state index contributed by atoms with van der Waals surface area (Å²) < 4.78 is 6.10. The highest BCUT2D eigenvalue weighted by Crippen LogP contribution is 2.39. The molecule has 0 N–H and O–H groups in total. The summed E-state index contributed by atoms with van der Waals surface area (Å²) in [6.45, 7) is 2.83. The first-order valence-corrected chi connectivity index (χ1v) is 10.4. The number of benzene rings is 2. The Morgan fingerprint density at radius 1 is 1.19 bits per heavy atom. The van der Waals surface area contributed by atoms with Crippen LogP contribution in [0.3, 0.4) is 0 Å². The number of thiocarbonyl (C=S) groups is 1. The topological polar surface area (TPSA) is 29.5 Å². The Hall–Kier alpha value is -1.53. The second kappa shape index (κ2) is 9.11. The number of rotatable bonds is 6. The highest BCUT2D eigenvalue weighted by atomic mass is 35.5. The van der Waals surface area contributed by atoms with E-state index in [4.69, 9.17) is 40.2 Å². The van der Waals surface area contributed by atoms with Crippen molar-refractivity contribution < 1.29 is 9.53 Å². The van der Waals surface area contributed by atoms with Gasteiger partial charge in [0.1, 0.15) is 5.75 Å². The molecule has 0 bridgehead atoms. The Morgan fingerprint density at radius 3 is 2.59 bits per heavy atom. The van der Waals surface area contributed by atoms with Crippen LogP contribution in [0.5, 0.6) is 5.75 Å². The minimum atomic E-state index is -0.197. The average Bonchev–Trinajstić information content (AvgIpc) is 2.91. The summed E-state index contributed by atoms with van der Waals surface area (Å²) in [7, 11) is 0. The van der Waals surface area contributed by atoms with Gasteiger partial charge in [-0.05, 0) is 48.4 Å². The lowest BCUT2D eigenvalue weighted by atomic mass is 10.2. The monoisotopic (exact) mass is 437 g/mol. The summed E-state index contributed by atoms with van der Waals surface area (Å²) in [5, 5.41) is 0.889. The first kappa shape index (κ1) is 20.2. The zero-order valence-corrected chi connectivity index (χ0v) is 17.7. The molecule has 2 aromatic carbocycles. The Labute approximate surface area is 178 Å². The maximum absolute atomic E-state index is 12.8. The van der Waals surface area contributed by atoms with Crippen molar-refractivity contribution in [1.29, 1.82) is 0 Å². The van der Waals surface area contributed by atoms with Crippen molar-refractivity contribution in [3.63, 3.8) is 0 Å². The molecule has 7 heteroatoms. The third-order valence-electron chi connectivity index (χ3n) is 3.89. The molecule has 27 heavy (non-hydrogen) atoms. The summed E-state index contributed by atoms with van der Waals surface area (Å²) in [5.41, 5.74) is 1.44. The molecule has 0 saturated carbocycles. The predicted octanol–water partition coefficient (Wildman–Crippen LogP) is 6.58. The zero-order chi connectivity index (χ0) is 19.4. The molecule has 140 valence electrons. The van der Waals surface area contributed by atoms with E-state index in [0.717, 1.165) is 24.2 Å². The molecule has 0 aromatic heterocycles. The Bertz CT molecular complexity index is 897. The van der Waals surface area contributed by atoms with Crippen molar-refractivity contribution in [3.8, 4) is 5.75 Å². The largest absolute Gasteiger partial charge is 0.494 e. The predicted molar refractivity (Wildman–Crippen MR) is 119 cm³/mol. The van der Waals surface area contributed by atoms with Crippen molar-refractivity contribution >= 4 is 69.2 Å². The van der Waals surface area contributed by atoms with Crippen LogP contribution in [0.4, 0.5) is 5.69 Å². The van der Waals surface area contributed by atoms with Crippen LogP contribution in [0.25, 0.3) is 6.08 Å². The van der Waals surface area contributed by atoms with E-state index in [9.17, 15) is 4.79 Å². The van der Waals surface area contributed by atoms with Gasteiger partial charge in [0, 0.05) is 5.02 Å². The van der Waals surface area contributed by atoms with Gasteiger partial charge in [-0.1, -0.05) is 72.7 Å². The van der Waals surface area contributed by atoms with Crippen LogP contribution in [0.15, 0.2) is 47.4 Å². The normalized spacial score (nSPS) is 15.7. The van der Waals surface area contributed by atoms with Crippen LogP contribution in [0.1, 0.15) is 25.3 Å². The molecule has 1 aliphatic rings. The number of ether oxygens (including phenoxy) is 1.